The molecule has 0 aliphatic rings. The quantitative estimate of drug-likeness (QED) is 0.438. The Hall–Kier alpha value is -3.86. The predicted molar refractivity (Wildman–Crippen MR) is 126 cm³/mol. The van der Waals surface area contributed by atoms with E-state index in [2.05, 4.69) is 9.72 Å². The fraction of sp³-hybridized carbons (Fsp3) is 0.292. The molecule has 35 heavy (non-hydrogen) atoms. The largest absolute Gasteiger partial charge is 0.494 e. The molecule has 0 unspecified atom stereocenters. The van der Waals surface area contributed by atoms with Gasteiger partial charge in [-0.15, -0.1) is 0 Å². The molecule has 0 amide bonds. The van der Waals surface area contributed by atoms with Crippen LogP contribution < -0.4 is 15.0 Å². The molecular weight excluding hydrogens is 476 g/mol. The lowest BCUT2D eigenvalue weighted by molar-refractivity contribution is 0.0600. The average Bonchev–Trinajstić information content (AvgIpc) is 2.86. The molecule has 0 atom stereocenters. The van der Waals surface area contributed by atoms with E-state index in [1.165, 1.54) is 33.5 Å². The van der Waals surface area contributed by atoms with E-state index in [0.717, 1.165) is 23.1 Å². The lowest BCUT2D eigenvalue weighted by Crippen LogP contribution is -2.30. The lowest BCUT2D eigenvalue weighted by Gasteiger charge is -2.19. The molecule has 2 aromatic carbocycles. The van der Waals surface area contributed by atoms with Gasteiger partial charge in [-0.25, -0.2) is 13.2 Å². The third-order valence-corrected chi connectivity index (χ3v) is 7.11. The van der Waals surface area contributed by atoms with Crippen molar-refractivity contribution < 1.29 is 32.5 Å². The molecule has 0 saturated heterocycles. The second-order valence-electron chi connectivity index (χ2n) is 7.46. The monoisotopic (exact) mass is 502 g/mol. The Morgan fingerprint density at radius 3 is 2.14 bits per heavy atom. The maximum absolute atomic E-state index is 13.8. The van der Waals surface area contributed by atoms with E-state index in [-0.39, 0.29) is 39.9 Å². The standard InChI is InChI=1S/C24H26N2O8S/c1-5-6-10-19-25-22(27)21(35(30,31)16-13-11-15(12-14-16)24(29)34-4)23(28)26(19)20-17(32-2)8-7-9-18(20)33-3/h7-9,11-14,27H,5-6,10H2,1-4H3. The number of benzene rings is 2. The highest BCUT2D eigenvalue weighted by Crippen LogP contribution is 2.34. The average molecular weight is 503 g/mol. The zero-order chi connectivity index (χ0) is 25.8. The first kappa shape index (κ1) is 25.8. The van der Waals surface area contributed by atoms with Crippen molar-refractivity contribution in [1.29, 1.82) is 0 Å². The number of sulfone groups is 1. The zero-order valence-electron chi connectivity index (χ0n) is 19.8. The molecule has 1 heterocycles. The maximum Gasteiger partial charge on any atom is 0.337 e. The minimum absolute atomic E-state index is 0.125. The molecular formula is C24H26N2O8S. The number of unbranched alkanes of at least 4 members (excludes halogenated alkanes) is 1. The number of nitrogens with zero attached hydrogens (tertiary/aromatic N) is 2. The molecule has 3 aromatic rings. The van der Waals surface area contributed by atoms with Crippen LogP contribution >= 0.6 is 0 Å². The fourth-order valence-electron chi connectivity index (χ4n) is 3.56. The molecule has 1 aromatic heterocycles. The van der Waals surface area contributed by atoms with Crippen LogP contribution in [0, 0.1) is 0 Å². The van der Waals surface area contributed by atoms with Crippen LogP contribution in [0.5, 0.6) is 17.4 Å². The van der Waals surface area contributed by atoms with Gasteiger partial charge in [0.2, 0.25) is 15.7 Å². The third-order valence-electron chi connectivity index (χ3n) is 5.33. The van der Waals surface area contributed by atoms with Gasteiger partial charge >= 0.3 is 5.97 Å². The molecule has 0 spiro atoms. The molecule has 11 heteroatoms. The fourth-order valence-corrected chi connectivity index (χ4v) is 4.90. The highest BCUT2D eigenvalue weighted by molar-refractivity contribution is 7.91. The van der Waals surface area contributed by atoms with Gasteiger partial charge in [-0.3, -0.25) is 9.36 Å². The van der Waals surface area contributed by atoms with E-state index in [0.29, 0.717) is 6.42 Å². The summed E-state index contributed by atoms with van der Waals surface area (Å²) in [5, 5.41) is 10.6. The van der Waals surface area contributed by atoms with Crippen molar-refractivity contribution in [3.8, 4) is 23.1 Å². The first-order valence-corrected chi connectivity index (χ1v) is 12.2. The van der Waals surface area contributed by atoms with Crippen molar-refractivity contribution in [3.63, 3.8) is 0 Å². The van der Waals surface area contributed by atoms with Crippen molar-refractivity contribution in [2.24, 2.45) is 0 Å². The molecule has 186 valence electrons. The summed E-state index contributed by atoms with van der Waals surface area (Å²) in [5.74, 6) is -0.908. The van der Waals surface area contributed by atoms with Gasteiger partial charge in [0.1, 0.15) is 23.0 Å². The summed E-state index contributed by atoms with van der Waals surface area (Å²) in [6.45, 7) is 1.95. The summed E-state index contributed by atoms with van der Waals surface area (Å²) >= 11 is 0. The lowest BCUT2D eigenvalue weighted by atomic mass is 10.2. The van der Waals surface area contributed by atoms with Gasteiger partial charge in [-0.2, -0.15) is 4.98 Å². The Bertz CT molecular complexity index is 1370. The number of rotatable bonds is 9. The van der Waals surface area contributed by atoms with Gasteiger partial charge in [-0.05, 0) is 42.8 Å². The number of ether oxygens (including phenoxy) is 3. The first-order chi connectivity index (χ1) is 16.7. The van der Waals surface area contributed by atoms with E-state index >= 15 is 0 Å². The number of aryl methyl sites for hydroxylation is 1. The third kappa shape index (κ3) is 4.85. The van der Waals surface area contributed by atoms with Crippen molar-refractivity contribution in [2.75, 3.05) is 21.3 Å². The van der Waals surface area contributed by atoms with Crippen LogP contribution in [-0.4, -0.2) is 50.4 Å². The normalized spacial score (nSPS) is 11.2. The number of aromatic nitrogens is 2. The predicted octanol–water partition coefficient (Wildman–Crippen LogP) is 2.92. The number of aromatic hydroxyl groups is 1. The van der Waals surface area contributed by atoms with Crippen LogP contribution in [-0.2, 0) is 21.0 Å². The topological polar surface area (TPSA) is 134 Å². The van der Waals surface area contributed by atoms with E-state index in [9.17, 15) is 23.1 Å². The van der Waals surface area contributed by atoms with Gasteiger partial charge in [-0.1, -0.05) is 19.4 Å². The Morgan fingerprint density at radius 2 is 1.63 bits per heavy atom. The number of carbonyl (C=O) groups excluding carboxylic acids is 1. The Kier molecular flexibility index (Phi) is 7.80. The molecule has 10 nitrogen and oxygen atoms in total. The van der Waals surface area contributed by atoms with Crippen LogP contribution in [0.15, 0.2) is 57.1 Å². The molecule has 1 N–H and O–H groups in total. The van der Waals surface area contributed by atoms with E-state index < -0.39 is 32.1 Å². The van der Waals surface area contributed by atoms with Crippen molar-refractivity contribution in [1.82, 2.24) is 9.55 Å². The van der Waals surface area contributed by atoms with Gasteiger partial charge in [0, 0.05) is 6.42 Å². The first-order valence-electron chi connectivity index (χ1n) is 10.7. The van der Waals surface area contributed by atoms with Crippen LogP contribution in [0.4, 0.5) is 0 Å². The van der Waals surface area contributed by atoms with E-state index in [1.54, 1.807) is 18.2 Å². The van der Waals surface area contributed by atoms with Gasteiger partial charge in [0.15, 0.2) is 4.90 Å². The van der Waals surface area contributed by atoms with Crippen LogP contribution in [0.2, 0.25) is 0 Å². The van der Waals surface area contributed by atoms with Gasteiger partial charge in [0.05, 0.1) is 31.8 Å². The molecule has 0 bridgehead atoms. The van der Waals surface area contributed by atoms with Crippen LogP contribution in [0.25, 0.3) is 5.69 Å². The molecule has 0 aliphatic heterocycles. The minimum atomic E-state index is -4.54. The SMILES string of the molecule is CCCCc1nc(O)c(S(=O)(=O)c2ccc(C(=O)OC)cc2)c(=O)n1-c1c(OC)cccc1OC. The number of para-hydroxylation sites is 1. The second-order valence-corrected chi connectivity index (χ2v) is 9.34. The summed E-state index contributed by atoms with van der Waals surface area (Å²) in [6, 6.07) is 9.66. The van der Waals surface area contributed by atoms with Crippen molar-refractivity contribution in [2.45, 2.75) is 36.0 Å². The summed E-state index contributed by atoms with van der Waals surface area (Å²) < 4.78 is 43.5. The van der Waals surface area contributed by atoms with Crippen molar-refractivity contribution in [3.05, 3.63) is 64.2 Å². The van der Waals surface area contributed by atoms with E-state index in [1.807, 2.05) is 6.92 Å². The van der Waals surface area contributed by atoms with Gasteiger partial charge in [0.25, 0.3) is 5.56 Å². The number of hydrogen-bond donors (Lipinski definition) is 1. The highest BCUT2D eigenvalue weighted by atomic mass is 32.2. The van der Waals surface area contributed by atoms with Crippen molar-refractivity contribution >= 4 is 15.8 Å². The number of methoxy groups -OCH3 is 3. The smallest absolute Gasteiger partial charge is 0.337 e. The molecule has 0 fully saturated rings. The van der Waals surface area contributed by atoms with Gasteiger partial charge < -0.3 is 19.3 Å². The summed E-state index contributed by atoms with van der Waals surface area (Å²) in [6.07, 6.45) is 1.69. The summed E-state index contributed by atoms with van der Waals surface area (Å²) in [7, 11) is -0.524. The van der Waals surface area contributed by atoms with Crippen LogP contribution in [0.1, 0.15) is 35.9 Å². The zero-order valence-corrected chi connectivity index (χ0v) is 20.6. The molecule has 3 rings (SSSR count). The second kappa shape index (κ2) is 10.6. The maximum atomic E-state index is 13.8. The Labute approximate surface area is 202 Å². The highest BCUT2D eigenvalue weighted by Gasteiger charge is 2.31. The summed E-state index contributed by atoms with van der Waals surface area (Å²) in [4.78, 5) is 28.3. The van der Waals surface area contributed by atoms with E-state index in [4.69, 9.17) is 9.47 Å². The number of esters is 1. The number of carbonyl (C=O) groups is 1. The minimum Gasteiger partial charge on any atom is -0.494 e. The van der Waals surface area contributed by atoms with Crippen LogP contribution in [0.3, 0.4) is 0 Å². The molecule has 0 radical (unpaired) electrons. The Morgan fingerprint density at radius 1 is 1.03 bits per heavy atom. The Balaban J connectivity index is 2.33. The molecule has 0 saturated carbocycles. The summed E-state index contributed by atoms with van der Waals surface area (Å²) in [5.41, 5.74) is -0.720. The number of hydrogen-bond acceptors (Lipinski definition) is 9. The molecule has 0 aliphatic carbocycles.